The first kappa shape index (κ1) is 17.8. The van der Waals surface area contributed by atoms with Gasteiger partial charge in [0.2, 0.25) is 0 Å². The molecule has 6 heteroatoms. The van der Waals surface area contributed by atoms with Crippen LogP contribution < -0.4 is 0 Å². The number of hydrogen-bond acceptors (Lipinski definition) is 6. The fourth-order valence-corrected chi connectivity index (χ4v) is 0.942. The normalized spacial score (nSPS) is 11.1. The van der Waals surface area contributed by atoms with Crippen LogP contribution in [0.3, 0.4) is 0 Å². The second-order valence-electron chi connectivity index (χ2n) is 3.35. The van der Waals surface area contributed by atoms with Crippen molar-refractivity contribution in [3.8, 4) is 0 Å². The van der Waals surface area contributed by atoms with E-state index >= 15 is 0 Å². The minimum Gasteiger partial charge on any atom is -0.498 e. The van der Waals surface area contributed by atoms with Crippen LogP contribution in [0.15, 0.2) is 36.8 Å². The first-order valence-corrected chi connectivity index (χ1v) is 6.17. The zero-order valence-electron chi connectivity index (χ0n) is 11.7. The highest BCUT2D eigenvalue weighted by molar-refractivity contribution is 5.91. The lowest BCUT2D eigenvalue weighted by Crippen LogP contribution is -2.09. The highest BCUT2D eigenvalue weighted by Gasteiger charge is 2.00. The molecule has 0 bridgehead atoms. The predicted molar refractivity (Wildman–Crippen MR) is 72.6 cm³/mol. The van der Waals surface area contributed by atoms with Crippen LogP contribution in [0.25, 0.3) is 0 Å². The van der Waals surface area contributed by atoms with Crippen LogP contribution in [0.4, 0.5) is 0 Å². The third kappa shape index (κ3) is 12.2. The summed E-state index contributed by atoms with van der Waals surface area (Å²) in [5, 5.41) is 0. The summed E-state index contributed by atoms with van der Waals surface area (Å²) in [6.07, 6.45) is 8.44. The number of carbonyl (C=O) groups excluding carboxylic acids is 2. The van der Waals surface area contributed by atoms with Gasteiger partial charge < -0.3 is 18.9 Å². The van der Waals surface area contributed by atoms with Gasteiger partial charge in [-0.15, -0.1) is 0 Å². The number of esters is 2. The van der Waals surface area contributed by atoms with Crippen molar-refractivity contribution in [2.75, 3.05) is 26.4 Å². The van der Waals surface area contributed by atoms with E-state index in [1.54, 1.807) is 12.2 Å². The molecule has 0 fully saturated rings. The molecular formula is C14H20O6. The summed E-state index contributed by atoms with van der Waals surface area (Å²) in [6, 6.07) is 0. The maximum absolute atomic E-state index is 11.2. The Morgan fingerprint density at radius 2 is 1.15 bits per heavy atom. The van der Waals surface area contributed by atoms with E-state index in [-0.39, 0.29) is 26.4 Å². The van der Waals surface area contributed by atoms with Crippen molar-refractivity contribution in [3.63, 3.8) is 0 Å². The zero-order chi connectivity index (χ0) is 15.1. The molecule has 0 aromatic heterocycles. The van der Waals surface area contributed by atoms with Gasteiger partial charge >= 0.3 is 11.9 Å². The molecule has 0 aliphatic rings. The zero-order valence-corrected chi connectivity index (χ0v) is 11.7. The first-order valence-electron chi connectivity index (χ1n) is 6.17. The van der Waals surface area contributed by atoms with Crippen molar-refractivity contribution in [3.05, 3.63) is 36.8 Å². The maximum atomic E-state index is 11.2. The molecule has 0 N–H and O–H groups in total. The number of rotatable bonds is 10. The first-order chi connectivity index (χ1) is 9.70. The minimum atomic E-state index is -0.629. The predicted octanol–water partition coefficient (Wildman–Crippen LogP) is 1.73. The lowest BCUT2D eigenvalue weighted by atomic mass is 10.5. The summed E-state index contributed by atoms with van der Waals surface area (Å²) in [5.74, 6) is -1.26. The Hall–Kier alpha value is -2.24. The largest absolute Gasteiger partial charge is 0.498 e. The molecule has 0 saturated carbocycles. The molecular weight excluding hydrogens is 264 g/mol. The Labute approximate surface area is 118 Å². The molecule has 0 aliphatic heterocycles. The van der Waals surface area contributed by atoms with Crippen LogP contribution in [0.5, 0.6) is 0 Å². The van der Waals surface area contributed by atoms with Crippen LogP contribution in [-0.4, -0.2) is 38.4 Å². The average molecular weight is 284 g/mol. The van der Waals surface area contributed by atoms with Gasteiger partial charge in [-0.25, -0.2) is 9.59 Å². The van der Waals surface area contributed by atoms with Gasteiger partial charge in [-0.3, -0.25) is 0 Å². The second kappa shape index (κ2) is 13.2. The van der Waals surface area contributed by atoms with Gasteiger partial charge in [0, 0.05) is 12.2 Å². The van der Waals surface area contributed by atoms with E-state index in [9.17, 15) is 9.59 Å². The molecule has 0 radical (unpaired) electrons. The maximum Gasteiger partial charge on any atom is 0.331 e. The molecule has 0 rings (SSSR count). The Morgan fingerprint density at radius 3 is 1.50 bits per heavy atom. The van der Waals surface area contributed by atoms with Crippen molar-refractivity contribution in [2.24, 2.45) is 0 Å². The molecule has 6 nitrogen and oxygen atoms in total. The van der Waals surface area contributed by atoms with Gasteiger partial charge in [0.25, 0.3) is 0 Å². The van der Waals surface area contributed by atoms with E-state index in [4.69, 9.17) is 18.9 Å². The van der Waals surface area contributed by atoms with Gasteiger partial charge in [0.05, 0.1) is 12.5 Å². The summed E-state index contributed by atoms with van der Waals surface area (Å²) >= 11 is 0. The summed E-state index contributed by atoms with van der Waals surface area (Å²) in [4.78, 5) is 22.3. The van der Waals surface area contributed by atoms with Gasteiger partial charge in [-0.1, -0.05) is 12.2 Å². The summed E-state index contributed by atoms with van der Waals surface area (Å²) in [5.41, 5.74) is 0. The quantitative estimate of drug-likeness (QED) is 0.263. The van der Waals surface area contributed by atoms with Crippen molar-refractivity contribution in [2.45, 2.75) is 13.8 Å². The van der Waals surface area contributed by atoms with E-state index < -0.39 is 11.9 Å². The van der Waals surface area contributed by atoms with E-state index in [2.05, 4.69) is 0 Å². The highest BCUT2D eigenvalue weighted by atomic mass is 16.6. The summed E-state index contributed by atoms with van der Waals surface area (Å²) < 4.78 is 19.4. The summed E-state index contributed by atoms with van der Waals surface area (Å²) in [6.45, 7) is 4.36. The summed E-state index contributed by atoms with van der Waals surface area (Å²) in [7, 11) is 0. The molecule has 0 atom stereocenters. The fourth-order valence-electron chi connectivity index (χ4n) is 0.942. The van der Waals surface area contributed by atoms with E-state index in [1.807, 2.05) is 13.8 Å². The van der Waals surface area contributed by atoms with Gasteiger partial charge in [-0.05, 0) is 13.8 Å². The molecule has 20 heavy (non-hydrogen) atoms. The Balaban J connectivity index is 3.64. The van der Waals surface area contributed by atoms with Crippen LogP contribution in [0.1, 0.15) is 13.8 Å². The third-order valence-corrected chi connectivity index (χ3v) is 1.71. The standard InChI is InChI=1S/C14H20O6/c1-3-7-17-9-11-19-13(15)5-6-14(16)20-12-10-18-8-4-2/h3-8H,9-12H2,1-2H3/b6-5+,7-3+,8-4+. The van der Waals surface area contributed by atoms with E-state index in [0.717, 1.165) is 12.2 Å². The van der Waals surface area contributed by atoms with Crippen molar-refractivity contribution in [1.82, 2.24) is 0 Å². The molecule has 0 aromatic rings. The number of carbonyl (C=O) groups is 2. The van der Waals surface area contributed by atoms with Crippen molar-refractivity contribution in [1.29, 1.82) is 0 Å². The van der Waals surface area contributed by atoms with Crippen LogP contribution in [0, 0.1) is 0 Å². The Kier molecular flexibility index (Phi) is 11.7. The third-order valence-electron chi connectivity index (χ3n) is 1.71. The SMILES string of the molecule is C/C=C/OCCOC(=O)/C=C/C(=O)OCCO/C=C/C. The van der Waals surface area contributed by atoms with Crippen LogP contribution in [0.2, 0.25) is 0 Å². The van der Waals surface area contributed by atoms with Crippen LogP contribution in [-0.2, 0) is 28.5 Å². The molecule has 0 aliphatic carbocycles. The Bertz CT molecular complexity index is 323. The Morgan fingerprint density at radius 1 is 0.750 bits per heavy atom. The van der Waals surface area contributed by atoms with Crippen LogP contribution >= 0.6 is 0 Å². The molecule has 0 aromatic carbocycles. The lowest BCUT2D eigenvalue weighted by Gasteiger charge is -2.02. The van der Waals surface area contributed by atoms with Gasteiger partial charge in [0.1, 0.15) is 26.4 Å². The molecule has 0 amide bonds. The molecule has 0 unspecified atom stereocenters. The van der Waals surface area contributed by atoms with Gasteiger partial charge in [-0.2, -0.15) is 0 Å². The minimum absolute atomic E-state index is 0.111. The number of hydrogen-bond donors (Lipinski definition) is 0. The fraction of sp³-hybridized carbons (Fsp3) is 0.429. The van der Waals surface area contributed by atoms with Gasteiger partial charge in [0.15, 0.2) is 0 Å². The topological polar surface area (TPSA) is 71.1 Å². The van der Waals surface area contributed by atoms with Crippen molar-refractivity contribution < 1.29 is 28.5 Å². The average Bonchev–Trinajstić information content (AvgIpc) is 2.44. The molecule has 0 spiro atoms. The second-order valence-corrected chi connectivity index (χ2v) is 3.35. The van der Waals surface area contributed by atoms with E-state index in [1.165, 1.54) is 12.5 Å². The number of ether oxygens (including phenoxy) is 4. The smallest absolute Gasteiger partial charge is 0.331 e. The number of allylic oxidation sites excluding steroid dienone is 2. The van der Waals surface area contributed by atoms with E-state index in [0.29, 0.717) is 0 Å². The highest BCUT2D eigenvalue weighted by Crippen LogP contribution is 1.88. The molecule has 112 valence electrons. The lowest BCUT2D eigenvalue weighted by molar-refractivity contribution is -0.141. The molecule has 0 heterocycles. The monoisotopic (exact) mass is 284 g/mol. The molecule has 0 saturated heterocycles. The van der Waals surface area contributed by atoms with Crippen molar-refractivity contribution >= 4 is 11.9 Å².